The highest BCUT2D eigenvalue weighted by Crippen LogP contribution is 2.05. The number of hydrogen-bond acceptors (Lipinski definition) is 3. The SMILES string of the molecule is CCOC(C)Cn1ccnc1NC. The molecule has 0 aliphatic rings. The number of ether oxygens (including phenoxy) is 1. The first kappa shape index (κ1) is 10.1. The predicted octanol–water partition coefficient (Wildman–Crippen LogP) is 1.35. The number of rotatable bonds is 5. The fourth-order valence-corrected chi connectivity index (χ4v) is 1.30. The summed E-state index contributed by atoms with van der Waals surface area (Å²) in [5.74, 6) is 0.881. The van der Waals surface area contributed by atoms with Crippen LogP contribution in [0.3, 0.4) is 0 Å². The molecule has 1 aromatic rings. The summed E-state index contributed by atoms with van der Waals surface area (Å²) in [4.78, 5) is 4.14. The first-order valence-corrected chi connectivity index (χ1v) is 4.58. The van der Waals surface area contributed by atoms with E-state index >= 15 is 0 Å². The number of nitrogens with one attached hydrogen (secondary N) is 1. The predicted molar refractivity (Wildman–Crippen MR) is 52.9 cm³/mol. The molecule has 0 aromatic carbocycles. The first-order chi connectivity index (χ1) is 6.27. The molecule has 1 unspecified atom stereocenters. The molecule has 1 rings (SSSR count). The standard InChI is InChI=1S/C9H17N3O/c1-4-13-8(2)7-12-6-5-11-9(12)10-3/h5-6,8H,4,7H2,1-3H3,(H,10,11). The zero-order valence-corrected chi connectivity index (χ0v) is 8.45. The van der Waals surface area contributed by atoms with Crippen molar-refractivity contribution in [2.75, 3.05) is 19.0 Å². The second-order valence-corrected chi connectivity index (χ2v) is 2.92. The van der Waals surface area contributed by atoms with Crippen LogP contribution in [0.1, 0.15) is 13.8 Å². The molecule has 74 valence electrons. The molecule has 1 aromatic heterocycles. The average molecular weight is 183 g/mol. The lowest BCUT2D eigenvalue weighted by Gasteiger charge is -2.13. The van der Waals surface area contributed by atoms with Gasteiger partial charge in [0.1, 0.15) is 0 Å². The van der Waals surface area contributed by atoms with Crippen molar-refractivity contribution in [3.63, 3.8) is 0 Å². The van der Waals surface area contributed by atoms with Gasteiger partial charge in [-0.2, -0.15) is 0 Å². The Hall–Kier alpha value is -1.03. The second kappa shape index (κ2) is 4.87. The van der Waals surface area contributed by atoms with Gasteiger partial charge in [0.15, 0.2) is 0 Å². The van der Waals surface area contributed by atoms with E-state index in [-0.39, 0.29) is 6.10 Å². The smallest absolute Gasteiger partial charge is 0.202 e. The van der Waals surface area contributed by atoms with E-state index in [9.17, 15) is 0 Å². The Kier molecular flexibility index (Phi) is 3.76. The maximum atomic E-state index is 5.44. The molecular weight excluding hydrogens is 166 g/mol. The van der Waals surface area contributed by atoms with Crippen LogP contribution < -0.4 is 5.32 Å². The molecule has 0 saturated heterocycles. The molecule has 1 heterocycles. The minimum atomic E-state index is 0.228. The van der Waals surface area contributed by atoms with Gasteiger partial charge in [0.05, 0.1) is 12.6 Å². The van der Waals surface area contributed by atoms with Crippen LogP contribution in [0, 0.1) is 0 Å². The van der Waals surface area contributed by atoms with Crippen LogP contribution in [0.5, 0.6) is 0 Å². The molecule has 0 saturated carbocycles. The van der Waals surface area contributed by atoms with Crippen LogP contribution >= 0.6 is 0 Å². The summed E-state index contributed by atoms with van der Waals surface area (Å²) in [5.41, 5.74) is 0. The fourth-order valence-electron chi connectivity index (χ4n) is 1.30. The largest absolute Gasteiger partial charge is 0.377 e. The van der Waals surface area contributed by atoms with Gasteiger partial charge in [-0.25, -0.2) is 4.98 Å². The van der Waals surface area contributed by atoms with E-state index < -0.39 is 0 Å². The topological polar surface area (TPSA) is 39.1 Å². The Labute approximate surface area is 78.9 Å². The number of aromatic nitrogens is 2. The fraction of sp³-hybridized carbons (Fsp3) is 0.667. The van der Waals surface area contributed by atoms with Gasteiger partial charge in [0.2, 0.25) is 5.95 Å². The monoisotopic (exact) mass is 183 g/mol. The maximum Gasteiger partial charge on any atom is 0.202 e. The van der Waals surface area contributed by atoms with Crippen LogP contribution in [0.15, 0.2) is 12.4 Å². The van der Waals surface area contributed by atoms with Gasteiger partial charge >= 0.3 is 0 Å². The van der Waals surface area contributed by atoms with Crippen LogP contribution in [-0.2, 0) is 11.3 Å². The normalized spacial score (nSPS) is 12.8. The zero-order chi connectivity index (χ0) is 9.68. The van der Waals surface area contributed by atoms with Crippen molar-refractivity contribution in [2.45, 2.75) is 26.5 Å². The summed E-state index contributed by atoms with van der Waals surface area (Å²) in [7, 11) is 1.87. The van der Waals surface area contributed by atoms with E-state index in [2.05, 4.69) is 17.2 Å². The van der Waals surface area contributed by atoms with Crippen molar-refractivity contribution in [2.24, 2.45) is 0 Å². The van der Waals surface area contributed by atoms with Crippen LogP contribution in [0.2, 0.25) is 0 Å². The molecule has 0 fully saturated rings. The molecule has 13 heavy (non-hydrogen) atoms. The minimum absolute atomic E-state index is 0.228. The number of hydrogen-bond donors (Lipinski definition) is 1. The Morgan fingerprint density at radius 3 is 3.08 bits per heavy atom. The molecule has 0 radical (unpaired) electrons. The molecule has 0 spiro atoms. The van der Waals surface area contributed by atoms with Gasteiger partial charge in [-0.1, -0.05) is 0 Å². The third kappa shape index (κ3) is 2.73. The van der Waals surface area contributed by atoms with Gasteiger partial charge in [-0.05, 0) is 13.8 Å². The van der Waals surface area contributed by atoms with E-state index in [4.69, 9.17) is 4.74 Å². The highest BCUT2D eigenvalue weighted by atomic mass is 16.5. The average Bonchev–Trinajstić information content (AvgIpc) is 2.52. The quantitative estimate of drug-likeness (QED) is 0.749. The van der Waals surface area contributed by atoms with Gasteiger partial charge in [0.25, 0.3) is 0 Å². The minimum Gasteiger partial charge on any atom is -0.377 e. The number of anilines is 1. The molecule has 0 aliphatic carbocycles. The zero-order valence-electron chi connectivity index (χ0n) is 8.45. The molecular formula is C9H17N3O. The lowest BCUT2D eigenvalue weighted by Crippen LogP contribution is -2.17. The summed E-state index contributed by atoms with van der Waals surface area (Å²) in [6.07, 6.45) is 3.96. The summed E-state index contributed by atoms with van der Waals surface area (Å²) in [5, 5.41) is 3.02. The van der Waals surface area contributed by atoms with Crippen molar-refractivity contribution in [3.05, 3.63) is 12.4 Å². The number of nitrogens with zero attached hydrogens (tertiary/aromatic N) is 2. The van der Waals surface area contributed by atoms with E-state index in [1.807, 2.05) is 24.7 Å². The van der Waals surface area contributed by atoms with E-state index in [1.54, 1.807) is 6.20 Å². The molecule has 0 bridgehead atoms. The van der Waals surface area contributed by atoms with Crippen LogP contribution in [0.4, 0.5) is 5.95 Å². The first-order valence-electron chi connectivity index (χ1n) is 4.58. The third-order valence-electron chi connectivity index (χ3n) is 1.84. The summed E-state index contributed by atoms with van der Waals surface area (Å²) in [6, 6.07) is 0. The van der Waals surface area contributed by atoms with Crippen molar-refractivity contribution in [3.8, 4) is 0 Å². The Morgan fingerprint density at radius 2 is 2.46 bits per heavy atom. The second-order valence-electron chi connectivity index (χ2n) is 2.92. The van der Waals surface area contributed by atoms with Crippen molar-refractivity contribution in [1.82, 2.24) is 9.55 Å². The molecule has 4 heteroatoms. The van der Waals surface area contributed by atoms with Crippen LogP contribution in [-0.4, -0.2) is 29.3 Å². The molecule has 4 nitrogen and oxygen atoms in total. The third-order valence-corrected chi connectivity index (χ3v) is 1.84. The van der Waals surface area contributed by atoms with Crippen molar-refractivity contribution in [1.29, 1.82) is 0 Å². The highest BCUT2D eigenvalue weighted by Gasteiger charge is 2.05. The molecule has 0 aliphatic heterocycles. The maximum absolute atomic E-state index is 5.44. The van der Waals surface area contributed by atoms with Gasteiger partial charge in [-0.3, -0.25) is 0 Å². The van der Waals surface area contributed by atoms with E-state index in [0.29, 0.717) is 0 Å². The summed E-state index contributed by atoms with van der Waals surface area (Å²) in [6.45, 7) is 5.65. The van der Waals surface area contributed by atoms with Gasteiger partial charge in [0, 0.05) is 26.0 Å². The number of imidazole rings is 1. The molecule has 1 atom stereocenters. The highest BCUT2D eigenvalue weighted by molar-refractivity contribution is 5.24. The van der Waals surface area contributed by atoms with Gasteiger partial charge < -0.3 is 14.6 Å². The van der Waals surface area contributed by atoms with Crippen molar-refractivity contribution < 1.29 is 4.74 Å². The Balaban J connectivity index is 2.52. The van der Waals surface area contributed by atoms with Crippen molar-refractivity contribution >= 4 is 5.95 Å². The molecule has 1 N–H and O–H groups in total. The van der Waals surface area contributed by atoms with E-state index in [1.165, 1.54) is 0 Å². The lowest BCUT2D eigenvalue weighted by molar-refractivity contribution is 0.0644. The van der Waals surface area contributed by atoms with Crippen LogP contribution in [0.25, 0.3) is 0 Å². The van der Waals surface area contributed by atoms with Gasteiger partial charge in [-0.15, -0.1) is 0 Å². The Bertz CT molecular complexity index is 247. The molecule has 0 amide bonds. The summed E-state index contributed by atoms with van der Waals surface area (Å²) < 4.78 is 7.48. The lowest BCUT2D eigenvalue weighted by atomic mass is 10.4. The Morgan fingerprint density at radius 1 is 1.69 bits per heavy atom. The van der Waals surface area contributed by atoms with E-state index in [0.717, 1.165) is 19.1 Å². The summed E-state index contributed by atoms with van der Waals surface area (Å²) >= 11 is 0.